The number of imidazole rings is 1. The lowest BCUT2D eigenvalue weighted by Crippen LogP contribution is -1.99. The van der Waals surface area contributed by atoms with E-state index in [0.717, 1.165) is 12.2 Å². The summed E-state index contributed by atoms with van der Waals surface area (Å²) >= 11 is 7.38. The Morgan fingerprint density at radius 1 is 1.38 bits per heavy atom. The van der Waals surface area contributed by atoms with Crippen LogP contribution in [0.3, 0.4) is 0 Å². The molecule has 0 aromatic carbocycles. The van der Waals surface area contributed by atoms with Crippen LogP contribution in [0, 0.1) is 0 Å². The third kappa shape index (κ3) is 1.89. The smallest absolute Gasteiger partial charge is 0.0951 e. The predicted octanol–water partition coefficient (Wildman–Crippen LogP) is 2.13. The van der Waals surface area contributed by atoms with Gasteiger partial charge in [-0.15, -0.1) is 22.9 Å². The molecule has 0 saturated carbocycles. The van der Waals surface area contributed by atoms with Crippen LogP contribution in [0.25, 0.3) is 0 Å². The van der Waals surface area contributed by atoms with Gasteiger partial charge < -0.3 is 4.57 Å². The van der Waals surface area contributed by atoms with Gasteiger partial charge in [-0.3, -0.25) is 4.98 Å². The lowest BCUT2D eigenvalue weighted by Gasteiger charge is -2.02. The molecule has 0 aliphatic heterocycles. The second-order valence-electron chi connectivity index (χ2n) is 2.61. The molecule has 68 valence electrons. The maximum Gasteiger partial charge on any atom is 0.0951 e. The fourth-order valence-corrected chi connectivity index (χ4v) is 1.90. The van der Waals surface area contributed by atoms with Gasteiger partial charge in [0.1, 0.15) is 0 Å². The molecular weight excluding hydrogens is 206 g/mol. The maximum atomic E-state index is 5.74. The third-order valence-electron chi connectivity index (χ3n) is 1.75. The maximum absolute atomic E-state index is 5.74. The number of alkyl halides is 1. The molecule has 2 aromatic rings. The third-order valence-corrected chi connectivity index (χ3v) is 2.78. The Bertz CT molecular complexity index is 368. The highest BCUT2D eigenvalue weighted by molar-refractivity contribution is 7.09. The average Bonchev–Trinajstić information content (AvgIpc) is 2.76. The first-order valence-corrected chi connectivity index (χ1v) is 5.24. The van der Waals surface area contributed by atoms with Crippen molar-refractivity contribution in [2.45, 2.75) is 12.4 Å². The summed E-state index contributed by atoms with van der Waals surface area (Å²) in [6, 6.07) is 0. The van der Waals surface area contributed by atoms with Gasteiger partial charge in [-0.05, 0) is 0 Å². The molecule has 2 aromatic heterocycles. The van der Waals surface area contributed by atoms with E-state index in [0.29, 0.717) is 5.88 Å². The van der Waals surface area contributed by atoms with E-state index in [-0.39, 0.29) is 0 Å². The highest BCUT2D eigenvalue weighted by Gasteiger charge is 2.01. The van der Waals surface area contributed by atoms with Gasteiger partial charge >= 0.3 is 0 Å². The zero-order valence-electron chi connectivity index (χ0n) is 6.85. The molecule has 3 nitrogen and oxygen atoms in total. The Kier molecular flexibility index (Phi) is 2.61. The van der Waals surface area contributed by atoms with Crippen molar-refractivity contribution in [2.75, 3.05) is 0 Å². The monoisotopic (exact) mass is 213 g/mol. The van der Waals surface area contributed by atoms with Crippen LogP contribution < -0.4 is 0 Å². The normalized spacial score (nSPS) is 10.5. The van der Waals surface area contributed by atoms with E-state index in [9.17, 15) is 0 Å². The number of thiazole rings is 1. The first-order chi connectivity index (χ1) is 6.40. The van der Waals surface area contributed by atoms with Crippen molar-refractivity contribution >= 4 is 22.9 Å². The minimum Gasteiger partial charge on any atom is -0.328 e. The van der Waals surface area contributed by atoms with Gasteiger partial charge in [0, 0.05) is 17.3 Å². The first kappa shape index (κ1) is 8.72. The molecule has 0 unspecified atom stereocenters. The van der Waals surface area contributed by atoms with Crippen LogP contribution in [0.5, 0.6) is 0 Å². The largest absolute Gasteiger partial charge is 0.328 e. The number of aromatic nitrogens is 3. The summed E-state index contributed by atoms with van der Waals surface area (Å²) in [7, 11) is 0. The summed E-state index contributed by atoms with van der Waals surface area (Å²) in [4.78, 5) is 9.26. The lowest BCUT2D eigenvalue weighted by molar-refractivity contribution is 0.774. The standard InChI is InChI=1S/C8H8ClN3S/c9-1-7-2-10-5-12(7)4-8-3-11-6-13-8/h2-3,5-6H,1,4H2. The number of rotatable bonds is 3. The van der Waals surface area contributed by atoms with Crippen LogP contribution in [0.1, 0.15) is 10.6 Å². The van der Waals surface area contributed by atoms with Gasteiger partial charge in [-0.1, -0.05) is 0 Å². The summed E-state index contributed by atoms with van der Waals surface area (Å²) in [5, 5.41) is 0. The van der Waals surface area contributed by atoms with Crippen molar-refractivity contribution in [3.8, 4) is 0 Å². The van der Waals surface area contributed by atoms with Crippen LogP contribution in [0.15, 0.2) is 24.2 Å². The zero-order chi connectivity index (χ0) is 9.10. The summed E-state index contributed by atoms with van der Waals surface area (Å²) in [6.07, 6.45) is 5.44. The topological polar surface area (TPSA) is 30.7 Å². The molecule has 0 spiro atoms. The summed E-state index contributed by atoms with van der Waals surface area (Å²) in [6.45, 7) is 0.812. The molecule has 0 radical (unpaired) electrons. The van der Waals surface area contributed by atoms with E-state index in [1.165, 1.54) is 4.88 Å². The molecular formula is C8H8ClN3S. The van der Waals surface area contributed by atoms with Gasteiger partial charge in [-0.2, -0.15) is 0 Å². The van der Waals surface area contributed by atoms with Gasteiger partial charge in [0.15, 0.2) is 0 Å². The highest BCUT2D eigenvalue weighted by atomic mass is 35.5. The fraction of sp³-hybridized carbons (Fsp3) is 0.250. The van der Waals surface area contributed by atoms with Gasteiger partial charge in [0.25, 0.3) is 0 Å². The van der Waals surface area contributed by atoms with Crippen LogP contribution in [0.2, 0.25) is 0 Å². The van der Waals surface area contributed by atoms with Crippen LogP contribution in [-0.4, -0.2) is 14.5 Å². The highest BCUT2D eigenvalue weighted by Crippen LogP contribution is 2.11. The van der Waals surface area contributed by atoms with Crippen molar-refractivity contribution in [2.24, 2.45) is 0 Å². The summed E-state index contributed by atoms with van der Waals surface area (Å²) < 4.78 is 2.03. The van der Waals surface area contributed by atoms with E-state index in [1.54, 1.807) is 23.9 Å². The van der Waals surface area contributed by atoms with Crippen molar-refractivity contribution < 1.29 is 0 Å². The molecule has 0 aliphatic carbocycles. The first-order valence-electron chi connectivity index (χ1n) is 3.82. The molecule has 2 rings (SSSR count). The van der Waals surface area contributed by atoms with Gasteiger partial charge in [-0.25, -0.2) is 4.98 Å². The molecule has 0 bridgehead atoms. The molecule has 0 aliphatic rings. The van der Waals surface area contributed by atoms with E-state index in [2.05, 4.69) is 9.97 Å². The Hall–Kier alpha value is -0.870. The van der Waals surface area contributed by atoms with E-state index in [1.807, 2.05) is 16.3 Å². The number of hydrogen-bond donors (Lipinski definition) is 0. The Balaban J connectivity index is 2.18. The Morgan fingerprint density at radius 2 is 2.31 bits per heavy atom. The Morgan fingerprint density at radius 3 is 3.00 bits per heavy atom. The number of halogens is 1. The van der Waals surface area contributed by atoms with Crippen LogP contribution in [0.4, 0.5) is 0 Å². The average molecular weight is 214 g/mol. The van der Waals surface area contributed by atoms with E-state index >= 15 is 0 Å². The lowest BCUT2D eigenvalue weighted by atomic mass is 10.5. The molecule has 0 amide bonds. The van der Waals surface area contributed by atoms with Crippen molar-refractivity contribution in [3.63, 3.8) is 0 Å². The zero-order valence-corrected chi connectivity index (χ0v) is 8.42. The number of hydrogen-bond acceptors (Lipinski definition) is 3. The van der Waals surface area contributed by atoms with Crippen LogP contribution in [-0.2, 0) is 12.4 Å². The summed E-state index contributed by atoms with van der Waals surface area (Å²) in [5.41, 5.74) is 2.86. The number of nitrogens with zero attached hydrogens (tertiary/aromatic N) is 3. The van der Waals surface area contributed by atoms with E-state index in [4.69, 9.17) is 11.6 Å². The van der Waals surface area contributed by atoms with Crippen molar-refractivity contribution in [1.29, 1.82) is 0 Å². The fourth-order valence-electron chi connectivity index (χ4n) is 1.09. The van der Waals surface area contributed by atoms with Crippen LogP contribution >= 0.6 is 22.9 Å². The Labute approximate surface area is 85.0 Å². The SMILES string of the molecule is ClCc1cncn1Cc1cncs1. The van der Waals surface area contributed by atoms with Gasteiger partial charge in [0.05, 0.1) is 30.0 Å². The van der Waals surface area contributed by atoms with Crippen molar-refractivity contribution in [3.05, 3.63) is 34.8 Å². The van der Waals surface area contributed by atoms with Gasteiger partial charge in [0.2, 0.25) is 0 Å². The molecule has 5 heteroatoms. The molecule has 0 atom stereocenters. The van der Waals surface area contributed by atoms with Crippen molar-refractivity contribution in [1.82, 2.24) is 14.5 Å². The molecule has 2 heterocycles. The quantitative estimate of drug-likeness (QED) is 0.732. The predicted molar refractivity (Wildman–Crippen MR) is 53.0 cm³/mol. The molecule has 13 heavy (non-hydrogen) atoms. The second kappa shape index (κ2) is 3.89. The minimum absolute atomic E-state index is 0.499. The second-order valence-corrected chi connectivity index (χ2v) is 3.85. The summed E-state index contributed by atoms with van der Waals surface area (Å²) in [5.74, 6) is 0.499. The minimum atomic E-state index is 0.499. The molecule has 0 saturated heterocycles. The molecule has 0 N–H and O–H groups in total. The van der Waals surface area contributed by atoms with E-state index < -0.39 is 0 Å². The molecule has 0 fully saturated rings.